The van der Waals surface area contributed by atoms with Gasteiger partial charge >= 0.3 is 12.0 Å². The third-order valence-corrected chi connectivity index (χ3v) is 6.25. The van der Waals surface area contributed by atoms with Crippen LogP contribution in [0.3, 0.4) is 0 Å². The number of carboxylic acids is 1. The first kappa shape index (κ1) is 26.6. The number of rotatable bonds is 8. The Labute approximate surface area is 226 Å². The van der Waals surface area contributed by atoms with E-state index in [2.05, 4.69) is 21.2 Å². The molecular weight excluding hydrogens is 556 g/mol. The molecule has 3 aromatic rings. The minimum absolute atomic E-state index is 0.0780. The average molecular weight is 579 g/mol. The zero-order valence-electron chi connectivity index (χ0n) is 20.5. The van der Waals surface area contributed by atoms with Crippen LogP contribution in [0.4, 0.5) is 10.5 Å². The molecular formula is C28H23BrN2O7. The number of para-hydroxylation sites is 1. The molecule has 0 radical (unpaired) electrons. The molecule has 0 bridgehead atoms. The van der Waals surface area contributed by atoms with Crippen LogP contribution in [0.1, 0.15) is 34.0 Å². The first-order chi connectivity index (χ1) is 18.2. The highest BCUT2D eigenvalue weighted by molar-refractivity contribution is 9.10. The molecule has 1 heterocycles. The van der Waals surface area contributed by atoms with Crippen LogP contribution in [-0.2, 0) is 16.2 Å². The predicted molar refractivity (Wildman–Crippen MR) is 143 cm³/mol. The van der Waals surface area contributed by atoms with Crippen molar-refractivity contribution < 1.29 is 33.8 Å². The molecule has 1 fully saturated rings. The third kappa shape index (κ3) is 5.60. The molecule has 3 aromatic carbocycles. The van der Waals surface area contributed by atoms with E-state index in [9.17, 15) is 24.3 Å². The summed E-state index contributed by atoms with van der Waals surface area (Å²) in [7, 11) is 0. The number of carboxylic acid groups (broad SMARTS) is 1. The van der Waals surface area contributed by atoms with Gasteiger partial charge in [0.2, 0.25) is 0 Å². The number of carbonyl (C=O) groups excluding carboxylic acids is 3. The van der Waals surface area contributed by atoms with Crippen LogP contribution < -0.4 is 19.7 Å². The molecule has 194 valence electrons. The zero-order chi connectivity index (χ0) is 27.4. The van der Waals surface area contributed by atoms with Gasteiger partial charge in [0.15, 0.2) is 11.5 Å². The van der Waals surface area contributed by atoms with Crippen LogP contribution in [0.15, 0.2) is 70.7 Å². The maximum Gasteiger partial charge on any atom is 0.335 e. The maximum absolute atomic E-state index is 13.3. The Balaban J connectivity index is 1.66. The number of imide groups is 2. The topological polar surface area (TPSA) is 122 Å². The molecule has 1 aliphatic rings. The van der Waals surface area contributed by atoms with E-state index in [0.717, 1.165) is 4.90 Å². The molecule has 10 heteroatoms. The Kier molecular flexibility index (Phi) is 7.92. The number of ether oxygens (including phenoxy) is 2. The van der Waals surface area contributed by atoms with Crippen LogP contribution >= 0.6 is 15.9 Å². The number of nitrogens with one attached hydrogen (secondary N) is 1. The van der Waals surface area contributed by atoms with Crippen LogP contribution in [0.2, 0.25) is 0 Å². The van der Waals surface area contributed by atoms with Gasteiger partial charge < -0.3 is 14.6 Å². The standard InChI is InChI=1S/C28H23BrN2O7/c1-3-37-23-14-18(13-21(29)24(23)38-15-17-8-6-9-19(11-17)27(34)35)12-20-25(32)30-28(36)31(26(20)33)22-10-5-4-7-16(22)2/h4-14H,3,15H2,1-2H3,(H,34,35)(H,30,32,36)/b20-12+. The summed E-state index contributed by atoms with van der Waals surface area (Å²) < 4.78 is 12.2. The fourth-order valence-corrected chi connectivity index (χ4v) is 4.46. The third-order valence-electron chi connectivity index (χ3n) is 5.66. The van der Waals surface area contributed by atoms with Gasteiger partial charge in [0.05, 0.1) is 22.3 Å². The van der Waals surface area contributed by atoms with Crippen LogP contribution in [0, 0.1) is 6.92 Å². The second-order valence-electron chi connectivity index (χ2n) is 8.30. The number of amides is 4. The van der Waals surface area contributed by atoms with Crippen molar-refractivity contribution in [2.45, 2.75) is 20.5 Å². The number of barbiturate groups is 1. The van der Waals surface area contributed by atoms with Gasteiger partial charge in [0.1, 0.15) is 12.2 Å². The van der Waals surface area contributed by atoms with E-state index in [1.54, 1.807) is 62.4 Å². The van der Waals surface area contributed by atoms with E-state index < -0.39 is 23.8 Å². The smallest absolute Gasteiger partial charge is 0.335 e. The van der Waals surface area contributed by atoms with E-state index in [1.807, 2.05) is 0 Å². The molecule has 1 saturated heterocycles. The normalized spacial score (nSPS) is 14.4. The fourth-order valence-electron chi connectivity index (χ4n) is 3.88. The highest BCUT2D eigenvalue weighted by atomic mass is 79.9. The summed E-state index contributed by atoms with van der Waals surface area (Å²) in [6.07, 6.45) is 1.38. The highest BCUT2D eigenvalue weighted by Gasteiger charge is 2.37. The first-order valence-electron chi connectivity index (χ1n) is 11.6. The number of anilines is 1. The Bertz CT molecular complexity index is 1480. The van der Waals surface area contributed by atoms with E-state index in [-0.39, 0.29) is 17.7 Å². The molecule has 38 heavy (non-hydrogen) atoms. The van der Waals surface area contributed by atoms with Gasteiger partial charge in [-0.05, 0) is 82.9 Å². The van der Waals surface area contributed by atoms with E-state index in [0.29, 0.717) is 45.0 Å². The first-order valence-corrected chi connectivity index (χ1v) is 12.4. The molecule has 4 rings (SSSR count). The summed E-state index contributed by atoms with van der Waals surface area (Å²) in [6.45, 7) is 3.95. The van der Waals surface area contributed by atoms with E-state index in [1.165, 1.54) is 18.2 Å². The maximum atomic E-state index is 13.3. The number of halogens is 1. The summed E-state index contributed by atoms with van der Waals surface area (Å²) in [6, 6.07) is 15.7. The molecule has 2 N–H and O–H groups in total. The van der Waals surface area contributed by atoms with Gasteiger partial charge in [0, 0.05) is 0 Å². The van der Waals surface area contributed by atoms with Crippen molar-refractivity contribution in [1.29, 1.82) is 0 Å². The monoisotopic (exact) mass is 578 g/mol. The number of benzene rings is 3. The number of urea groups is 1. The van der Waals surface area contributed by atoms with Crippen molar-refractivity contribution in [3.05, 3.63) is 93.0 Å². The molecule has 1 aliphatic heterocycles. The molecule has 0 spiro atoms. The average Bonchev–Trinajstić information content (AvgIpc) is 2.87. The Morgan fingerprint density at radius 2 is 1.82 bits per heavy atom. The Morgan fingerprint density at radius 1 is 1.05 bits per heavy atom. The number of hydrogen-bond acceptors (Lipinski definition) is 6. The van der Waals surface area contributed by atoms with Crippen LogP contribution in [-0.4, -0.2) is 35.5 Å². The zero-order valence-corrected chi connectivity index (χ0v) is 22.1. The van der Waals surface area contributed by atoms with Crippen molar-refractivity contribution >= 4 is 51.5 Å². The lowest BCUT2D eigenvalue weighted by atomic mass is 10.1. The molecule has 0 unspecified atom stereocenters. The molecule has 4 amide bonds. The SMILES string of the molecule is CCOc1cc(/C=C2\C(=O)NC(=O)N(c3ccccc3C)C2=O)cc(Br)c1OCc1cccc(C(=O)O)c1. The highest BCUT2D eigenvalue weighted by Crippen LogP contribution is 2.38. The lowest BCUT2D eigenvalue weighted by Gasteiger charge is -2.27. The van der Waals surface area contributed by atoms with Gasteiger partial charge in [-0.25, -0.2) is 14.5 Å². The summed E-state index contributed by atoms with van der Waals surface area (Å²) in [5, 5.41) is 11.4. The number of carbonyl (C=O) groups is 4. The summed E-state index contributed by atoms with van der Waals surface area (Å²) in [5.74, 6) is -1.88. The number of hydrogen-bond donors (Lipinski definition) is 2. The molecule has 0 aliphatic carbocycles. The molecule has 0 aromatic heterocycles. The van der Waals surface area contributed by atoms with Crippen LogP contribution in [0.25, 0.3) is 6.08 Å². The van der Waals surface area contributed by atoms with Crippen molar-refractivity contribution in [1.82, 2.24) is 5.32 Å². The van der Waals surface area contributed by atoms with Gasteiger partial charge in [-0.3, -0.25) is 14.9 Å². The number of nitrogens with zero attached hydrogens (tertiary/aromatic N) is 1. The number of aryl methyl sites for hydroxylation is 1. The summed E-state index contributed by atoms with van der Waals surface area (Å²) in [5.41, 5.74) is 2.10. The second kappa shape index (κ2) is 11.3. The molecule has 0 atom stereocenters. The van der Waals surface area contributed by atoms with Gasteiger partial charge in [-0.2, -0.15) is 0 Å². The largest absolute Gasteiger partial charge is 0.490 e. The fraction of sp³-hybridized carbons (Fsp3) is 0.143. The van der Waals surface area contributed by atoms with Crippen molar-refractivity contribution in [3.63, 3.8) is 0 Å². The quantitative estimate of drug-likeness (QED) is 0.281. The van der Waals surface area contributed by atoms with Crippen LogP contribution in [0.5, 0.6) is 11.5 Å². The van der Waals surface area contributed by atoms with E-state index >= 15 is 0 Å². The minimum Gasteiger partial charge on any atom is -0.490 e. The lowest BCUT2D eigenvalue weighted by Crippen LogP contribution is -2.54. The lowest BCUT2D eigenvalue weighted by molar-refractivity contribution is -0.122. The van der Waals surface area contributed by atoms with Gasteiger partial charge in [-0.15, -0.1) is 0 Å². The van der Waals surface area contributed by atoms with Gasteiger partial charge in [-0.1, -0.05) is 30.3 Å². The minimum atomic E-state index is -1.04. The Hall–Kier alpha value is -4.44. The predicted octanol–water partition coefficient (Wildman–Crippen LogP) is 5.10. The van der Waals surface area contributed by atoms with Crippen molar-refractivity contribution in [3.8, 4) is 11.5 Å². The molecule has 0 saturated carbocycles. The van der Waals surface area contributed by atoms with E-state index in [4.69, 9.17) is 9.47 Å². The molecule has 9 nitrogen and oxygen atoms in total. The van der Waals surface area contributed by atoms with Gasteiger partial charge in [0.25, 0.3) is 11.8 Å². The van der Waals surface area contributed by atoms with Crippen molar-refractivity contribution in [2.75, 3.05) is 11.5 Å². The summed E-state index contributed by atoms with van der Waals surface area (Å²) >= 11 is 3.46. The Morgan fingerprint density at radius 3 is 2.53 bits per heavy atom. The van der Waals surface area contributed by atoms with Crippen molar-refractivity contribution in [2.24, 2.45) is 0 Å². The summed E-state index contributed by atoms with van der Waals surface area (Å²) in [4.78, 5) is 50.6. The number of aromatic carboxylic acids is 1. The second-order valence-corrected chi connectivity index (χ2v) is 9.16.